The number of hydrogen-bond donors (Lipinski definition) is 0. The maximum atomic E-state index is 4.46. The first-order valence-electron chi connectivity index (χ1n) is 5.99. The van der Waals surface area contributed by atoms with E-state index in [1.165, 1.54) is 0 Å². The van der Waals surface area contributed by atoms with Gasteiger partial charge in [-0.2, -0.15) is 0 Å². The predicted molar refractivity (Wildman–Crippen MR) is 78.7 cm³/mol. The van der Waals surface area contributed by atoms with Crippen LogP contribution in [0.25, 0.3) is 11.4 Å². The monoisotopic (exact) mass is 313 g/mol. The van der Waals surface area contributed by atoms with E-state index in [0.717, 1.165) is 28.0 Å². The lowest BCUT2D eigenvalue weighted by Gasteiger charge is -2.09. The first-order valence-corrected chi connectivity index (χ1v) is 6.79. The van der Waals surface area contributed by atoms with E-state index in [9.17, 15) is 0 Å². The van der Waals surface area contributed by atoms with Gasteiger partial charge in [0.1, 0.15) is 5.82 Å². The van der Waals surface area contributed by atoms with Crippen molar-refractivity contribution in [2.24, 2.45) is 0 Å². The summed E-state index contributed by atoms with van der Waals surface area (Å²) < 4.78 is 3.17. The first-order chi connectivity index (χ1) is 9.34. The molecule has 94 valence electrons. The zero-order chi connectivity index (χ0) is 13.1. The smallest absolute Gasteiger partial charge is 0.141 e. The summed E-state index contributed by atoms with van der Waals surface area (Å²) >= 11 is 3.57. The molecule has 0 amide bonds. The molecule has 0 aliphatic heterocycles. The van der Waals surface area contributed by atoms with Crippen molar-refractivity contribution in [3.8, 4) is 11.4 Å². The van der Waals surface area contributed by atoms with E-state index in [-0.39, 0.29) is 0 Å². The average Bonchev–Trinajstić information content (AvgIpc) is 2.88. The molecule has 0 saturated carbocycles. The van der Waals surface area contributed by atoms with E-state index in [1.807, 2.05) is 42.9 Å². The lowest BCUT2D eigenvalue weighted by molar-refractivity contribution is 0.802. The minimum absolute atomic E-state index is 0.768. The Kier molecular flexibility index (Phi) is 3.42. The van der Waals surface area contributed by atoms with Crippen LogP contribution in [0.1, 0.15) is 5.56 Å². The molecule has 3 aromatic rings. The fourth-order valence-corrected chi connectivity index (χ4v) is 2.47. The predicted octanol–water partition coefficient (Wildman–Crippen LogP) is 3.76. The van der Waals surface area contributed by atoms with Crippen molar-refractivity contribution in [2.45, 2.75) is 6.54 Å². The summed E-state index contributed by atoms with van der Waals surface area (Å²) in [6, 6.07) is 12.1. The Morgan fingerprint density at radius 3 is 2.74 bits per heavy atom. The van der Waals surface area contributed by atoms with Crippen LogP contribution in [0, 0.1) is 0 Å². The molecule has 0 aliphatic carbocycles. The van der Waals surface area contributed by atoms with Crippen LogP contribution in [0.3, 0.4) is 0 Å². The van der Waals surface area contributed by atoms with E-state index < -0.39 is 0 Å². The summed E-state index contributed by atoms with van der Waals surface area (Å²) in [5.41, 5.74) is 2.25. The molecule has 0 aliphatic rings. The number of hydrogen-bond acceptors (Lipinski definition) is 2. The zero-order valence-electron chi connectivity index (χ0n) is 10.2. The summed E-state index contributed by atoms with van der Waals surface area (Å²) in [5, 5.41) is 0. The summed E-state index contributed by atoms with van der Waals surface area (Å²) in [6.07, 6.45) is 7.48. The molecule has 3 nitrogen and oxygen atoms in total. The van der Waals surface area contributed by atoms with Gasteiger partial charge in [-0.1, -0.05) is 40.2 Å². The molecule has 2 heterocycles. The maximum Gasteiger partial charge on any atom is 0.141 e. The van der Waals surface area contributed by atoms with Gasteiger partial charge in [-0.05, 0) is 17.7 Å². The molecule has 0 bridgehead atoms. The maximum absolute atomic E-state index is 4.46. The molecule has 3 rings (SSSR count). The van der Waals surface area contributed by atoms with Gasteiger partial charge in [-0.15, -0.1) is 0 Å². The van der Waals surface area contributed by atoms with Crippen LogP contribution >= 0.6 is 15.9 Å². The van der Waals surface area contributed by atoms with Crippen LogP contribution in [0.5, 0.6) is 0 Å². The Balaban J connectivity index is 1.98. The average molecular weight is 314 g/mol. The quantitative estimate of drug-likeness (QED) is 0.737. The fraction of sp³-hybridized carbons (Fsp3) is 0.0667. The van der Waals surface area contributed by atoms with Gasteiger partial charge in [0.05, 0.1) is 6.54 Å². The van der Waals surface area contributed by atoms with Crippen LogP contribution in [0.2, 0.25) is 0 Å². The summed E-state index contributed by atoms with van der Waals surface area (Å²) in [5.74, 6) is 0.955. The number of nitrogens with zero attached hydrogens (tertiary/aromatic N) is 3. The lowest BCUT2D eigenvalue weighted by atomic mass is 10.2. The van der Waals surface area contributed by atoms with Crippen LogP contribution in [0.15, 0.2) is 65.7 Å². The van der Waals surface area contributed by atoms with Crippen molar-refractivity contribution in [3.63, 3.8) is 0 Å². The highest BCUT2D eigenvalue weighted by Crippen LogP contribution is 2.26. The Labute approximate surface area is 120 Å². The van der Waals surface area contributed by atoms with E-state index >= 15 is 0 Å². The fourth-order valence-electron chi connectivity index (χ4n) is 2.01. The van der Waals surface area contributed by atoms with Crippen molar-refractivity contribution in [1.29, 1.82) is 0 Å². The van der Waals surface area contributed by atoms with E-state index in [4.69, 9.17) is 0 Å². The second-order valence-electron chi connectivity index (χ2n) is 4.22. The summed E-state index contributed by atoms with van der Waals surface area (Å²) in [4.78, 5) is 8.60. The van der Waals surface area contributed by atoms with Gasteiger partial charge in [0.25, 0.3) is 0 Å². The lowest BCUT2D eigenvalue weighted by Crippen LogP contribution is -2.01. The standard InChI is InChI=1S/C15H12BrN3/c16-14-6-2-1-5-13(14)15-18-8-9-19(15)11-12-4-3-7-17-10-12/h1-10H,11H2. The third-order valence-electron chi connectivity index (χ3n) is 2.91. The van der Waals surface area contributed by atoms with Crippen molar-refractivity contribution >= 4 is 15.9 Å². The van der Waals surface area contributed by atoms with Gasteiger partial charge >= 0.3 is 0 Å². The highest BCUT2D eigenvalue weighted by molar-refractivity contribution is 9.10. The largest absolute Gasteiger partial charge is 0.326 e. The highest BCUT2D eigenvalue weighted by Gasteiger charge is 2.09. The minimum Gasteiger partial charge on any atom is -0.326 e. The molecule has 4 heteroatoms. The van der Waals surface area contributed by atoms with Gasteiger partial charge in [0, 0.05) is 34.8 Å². The van der Waals surface area contributed by atoms with Crippen LogP contribution in [0.4, 0.5) is 0 Å². The molecular weight excluding hydrogens is 302 g/mol. The number of rotatable bonds is 3. The van der Waals surface area contributed by atoms with Crippen LogP contribution in [-0.2, 0) is 6.54 Å². The molecule has 1 aromatic carbocycles. The third-order valence-corrected chi connectivity index (χ3v) is 3.60. The van der Waals surface area contributed by atoms with Crippen molar-refractivity contribution in [1.82, 2.24) is 14.5 Å². The third kappa shape index (κ3) is 2.58. The van der Waals surface area contributed by atoms with Gasteiger partial charge in [0.15, 0.2) is 0 Å². The van der Waals surface area contributed by atoms with Gasteiger partial charge < -0.3 is 4.57 Å². The SMILES string of the molecule is Brc1ccccc1-c1nccn1Cc1cccnc1. The molecule has 0 atom stereocenters. The van der Waals surface area contributed by atoms with E-state index in [1.54, 1.807) is 6.20 Å². The highest BCUT2D eigenvalue weighted by atomic mass is 79.9. The minimum atomic E-state index is 0.768. The van der Waals surface area contributed by atoms with Gasteiger partial charge in [0.2, 0.25) is 0 Å². The molecule has 0 radical (unpaired) electrons. The van der Waals surface area contributed by atoms with E-state index in [2.05, 4.69) is 42.6 Å². The van der Waals surface area contributed by atoms with Crippen LogP contribution in [-0.4, -0.2) is 14.5 Å². The number of pyridine rings is 1. The van der Waals surface area contributed by atoms with Crippen LogP contribution < -0.4 is 0 Å². The van der Waals surface area contributed by atoms with Crippen molar-refractivity contribution in [3.05, 3.63) is 71.2 Å². The Bertz CT molecular complexity index is 677. The molecule has 0 spiro atoms. The second kappa shape index (κ2) is 5.36. The number of halogens is 1. The Morgan fingerprint density at radius 2 is 1.95 bits per heavy atom. The molecule has 0 saturated heterocycles. The van der Waals surface area contributed by atoms with Gasteiger partial charge in [-0.25, -0.2) is 4.98 Å². The summed E-state index contributed by atoms with van der Waals surface area (Å²) in [7, 11) is 0. The number of benzene rings is 1. The number of aromatic nitrogens is 3. The first kappa shape index (κ1) is 12.1. The second-order valence-corrected chi connectivity index (χ2v) is 5.07. The van der Waals surface area contributed by atoms with Crippen molar-refractivity contribution < 1.29 is 0 Å². The molecule has 0 N–H and O–H groups in total. The van der Waals surface area contributed by atoms with Crippen molar-refractivity contribution in [2.75, 3.05) is 0 Å². The van der Waals surface area contributed by atoms with E-state index in [0.29, 0.717) is 0 Å². The normalized spacial score (nSPS) is 10.6. The molecule has 0 fully saturated rings. The molecule has 0 unspecified atom stereocenters. The topological polar surface area (TPSA) is 30.7 Å². The Hall–Kier alpha value is -1.94. The number of imidazole rings is 1. The Morgan fingerprint density at radius 1 is 1.05 bits per heavy atom. The summed E-state index contributed by atoms with van der Waals surface area (Å²) in [6.45, 7) is 0.768. The molecule has 2 aromatic heterocycles. The zero-order valence-corrected chi connectivity index (χ0v) is 11.8. The van der Waals surface area contributed by atoms with Gasteiger partial charge in [-0.3, -0.25) is 4.98 Å². The molecular formula is C15H12BrN3. The molecule has 19 heavy (non-hydrogen) atoms.